The van der Waals surface area contributed by atoms with Crippen LogP contribution in [0.25, 0.3) is 33.3 Å². The Labute approximate surface area is 218 Å². The Balaban J connectivity index is 1.69. The minimum absolute atomic E-state index is 0.129. The zero-order valence-corrected chi connectivity index (χ0v) is 21.8. The van der Waals surface area contributed by atoms with Gasteiger partial charge < -0.3 is 18.6 Å². The van der Waals surface area contributed by atoms with Crippen molar-refractivity contribution in [1.29, 1.82) is 0 Å². The first-order valence-electron chi connectivity index (χ1n) is 12.7. The van der Waals surface area contributed by atoms with Crippen molar-refractivity contribution in [2.45, 2.75) is 25.8 Å². The molecule has 1 saturated heterocycles. The van der Waals surface area contributed by atoms with Gasteiger partial charge in [-0.1, -0.05) is 17.3 Å². The quantitative estimate of drug-likeness (QED) is 0.318. The van der Waals surface area contributed by atoms with Crippen LogP contribution in [0.2, 0.25) is 0 Å². The highest BCUT2D eigenvalue weighted by Crippen LogP contribution is 2.42. The van der Waals surface area contributed by atoms with E-state index in [1.165, 1.54) is 19.2 Å². The van der Waals surface area contributed by atoms with E-state index in [1.54, 1.807) is 4.68 Å². The van der Waals surface area contributed by atoms with Gasteiger partial charge in [0.05, 0.1) is 41.1 Å². The van der Waals surface area contributed by atoms with E-state index in [2.05, 4.69) is 20.9 Å². The molecule has 10 heteroatoms. The maximum atomic E-state index is 14.0. The van der Waals surface area contributed by atoms with Gasteiger partial charge >= 0.3 is 5.97 Å². The lowest BCUT2D eigenvalue weighted by Gasteiger charge is -2.33. The van der Waals surface area contributed by atoms with Crippen LogP contribution in [0, 0.1) is 18.7 Å². The molecule has 4 aromatic heterocycles. The molecular weight excluding hydrogens is 487 g/mol. The van der Waals surface area contributed by atoms with Gasteiger partial charge in [-0.3, -0.25) is 4.98 Å². The summed E-state index contributed by atoms with van der Waals surface area (Å²) >= 11 is 0. The predicted molar refractivity (Wildman–Crippen MR) is 140 cm³/mol. The summed E-state index contributed by atoms with van der Waals surface area (Å²) < 4.78 is 30.6. The smallest absolute Gasteiger partial charge is 0.354 e. The number of hydrogen-bond acceptors (Lipinski definition) is 6. The average Bonchev–Trinajstić information content (AvgIpc) is 3.56. The lowest BCUT2D eigenvalue weighted by molar-refractivity contribution is 0.0552. The minimum atomic E-state index is -0.416. The molecule has 5 aromatic rings. The maximum Gasteiger partial charge on any atom is 0.354 e. The first-order valence-corrected chi connectivity index (χ1v) is 12.7. The fraction of sp³-hybridized carbons (Fsp3) is 0.357. The number of benzene rings is 1. The van der Waals surface area contributed by atoms with Crippen molar-refractivity contribution in [2.75, 3.05) is 20.3 Å². The van der Waals surface area contributed by atoms with Crippen molar-refractivity contribution in [2.24, 2.45) is 20.0 Å². The molecule has 0 saturated carbocycles. The summed E-state index contributed by atoms with van der Waals surface area (Å²) in [7, 11) is 5.09. The first kappa shape index (κ1) is 24.3. The van der Waals surface area contributed by atoms with Crippen molar-refractivity contribution >= 4 is 28.0 Å². The number of methoxy groups -OCH3 is 1. The van der Waals surface area contributed by atoms with Crippen LogP contribution in [0.15, 0.2) is 42.6 Å². The van der Waals surface area contributed by atoms with E-state index < -0.39 is 5.97 Å². The SMILES string of the molecule is COC(=O)c1cc2c(c3ncc(-c4c(C)nnn4C)cc3n2C(c2ccc(F)cc2)C2CCOCC2)n1C. The summed E-state index contributed by atoms with van der Waals surface area (Å²) in [5.41, 5.74) is 7.41. The van der Waals surface area contributed by atoms with E-state index in [0.29, 0.717) is 18.9 Å². The number of hydrogen-bond donors (Lipinski definition) is 0. The number of fused-ring (bicyclic) bond motifs is 3. The van der Waals surface area contributed by atoms with Crippen LogP contribution in [0.4, 0.5) is 4.39 Å². The van der Waals surface area contributed by atoms with Gasteiger partial charge in [0.15, 0.2) is 0 Å². The van der Waals surface area contributed by atoms with Crippen LogP contribution >= 0.6 is 0 Å². The van der Waals surface area contributed by atoms with E-state index in [-0.39, 0.29) is 17.8 Å². The number of carbonyl (C=O) groups is 1. The monoisotopic (exact) mass is 516 g/mol. The number of rotatable bonds is 5. The number of ether oxygens (including phenoxy) is 2. The van der Waals surface area contributed by atoms with E-state index in [1.807, 2.05) is 50.0 Å². The van der Waals surface area contributed by atoms with Crippen molar-refractivity contribution in [3.05, 3.63) is 65.4 Å². The second kappa shape index (κ2) is 9.36. The number of halogens is 1. The molecule has 1 aliphatic heterocycles. The summed E-state index contributed by atoms with van der Waals surface area (Å²) in [6.07, 6.45) is 3.54. The van der Waals surface area contributed by atoms with Crippen molar-refractivity contribution in [1.82, 2.24) is 29.1 Å². The summed E-state index contributed by atoms with van der Waals surface area (Å²) in [6, 6.07) is 10.6. The van der Waals surface area contributed by atoms with Crippen LogP contribution < -0.4 is 0 Å². The summed E-state index contributed by atoms with van der Waals surface area (Å²) in [5.74, 6) is -0.461. The third-order valence-electron chi connectivity index (χ3n) is 7.69. The largest absolute Gasteiger partial charge is 0.464 e. The zero-order valence-electron chi connectivity index (χ0n) is 21.8. The molecule has 196 valence electrons. The number of pyridine rings is 1. The van der Waals surface area contributed by atoms with Gasteiger partial charge in [-0.05, 0) is 55.5 Å². The number of esters is 1. The molecule has 0 radical (unpaired) electrons. The Morgan fingerprint density at radius 3 is 2.53 bits per heavy atom. The second-order valence-electron chi connectivity index (χ2n) is 9.87. The van der Waals surface area contributed by atoms with Gasteiger partial charge in [0.1, 0.15) is 17.0 Å². The fourth-order valence-corrected chi connectivity index (χ4v) is 5.91. The van der Waals surface area contributed by atoms with Gasteiger partial charge in [0, 0.05) is 39.1 Å². The van der Waals surface area contributed by atoms with Crippen molar-refractivity contribution in [3.63, 3.8) is 0 Å². The second-order valence-corrected chi connectivity index (χ2v) is 9.87. The molecule has 0 aliphatic carbocycles. The van der Waals surface area contributed by atoms with Gasteiger partial charge in [-0.2, -0.15) is 0 Å². The van der Waals surface area contributed by atoms with Gasteiger partial charge in [-0.25, -0.2) is 13.9 Å². The number of carbonyl (C=O) groups excluding carboxylic acids is 1. The van der Waals surface area contributed by atoms with Gasteiger partial charge in [0.25, 0.3) is 0 Å². The standard InChI is InChI=1S/C28H29FN6O3/c1-16-25(34(3)32-31-16)19-13-21-24(30-15-19)27-22(14-23(33(27)2)28(36)37-4)35(21)26(18-9-11-38-12-10-18)17-5-7-20(29)8-6-17/h5-8,13-15,18,26H,9-12H2,1-4H3. The van der Waals surface area contributed by atoms with Crippen LogP contribution in [-0.2, 0) is 23.6 Å². The number of aryl methyl sites for hydroxylation is 3. The Bertz CT molecular complexity index is 1640. The van der Waals surface area contributed by atoms with Gasteiger partial charge in [-0.15, -0.1) is 5.10 Å². The van der Waals surface area contributed by atoms with Crippen LogP contribution in [0.1, 0.15) is 40.6 Å². The first-order chi connectivity index (χ1) is 18.4. The Kier molecular flexibility index (Phi) is 5.98. The predicted octanol–water partition coefficient (Wildman–Crippen LogP) is 4.57. The topological polar surface area (TPSA) is 89.0 Å². The molecule has 5 heterocycles. The van der Waals surface area contributed by atoms with Gasteiger partial charge in [0.2, 0.25) is 0 Å². The zero-order chi connectivity index (χ0) is 26.6. The lowest BCUT2D eigenvalue weighted by Crippen LogP contribution is -2.26. The highest BCUT2D eigenvalue weighted by molar-refractivity contribution is 6.08. The molecule has 0 amide bonds. The Hall–Kier alpha value is -4.05. The molecule has 0 spiro atoms. The van der Waals surface area contributed by atoms with E-state index in [0.717, 1.165) is 57.4 Å². The van der Waals surface area contributed by atoms with Crippen molar-refractivity contribution < 1.29 is 18.7 Å². The third kappa shape index (κ3) is 3.78. The van der Waals surface area contributed by atoms with Crippen LogP contribution in [0.3, 0.4) is 0 Å². The minimum Gasteiger partial charge on any atom is -0.464 e. The molecule has 1 atom stereocenters. The molecule has 0 N–H and O–H groups in total. The molecule has 1 aliphatic rings. The fourth-order valence-electron chi connectivity index (χ4n) is 5.91. The van der Waals surface area contributed by atoms with Crippen molar-refractivity contribution in [3.8, 4) is 11.3 Å². The maximum absolute atomic E-state index is 14.0. The Morgan fingerprint density at radius 2 is 1.87 bits per heavy atom. The number of aromatic nitrogens is 6. The van der Waals surface area contributed by atoms with Crippen LogP contribution in [-0.4, -0.2) is 55.4 Å². The third-order valence-corrected chi connectivity index (χ3v) is 7.69. The summed E-state index contributed by atoms with van der Waals surface area (Å²) in [4.78, 5) is 17.6. The molecule has 9 nitrogen and oxygen atoms in total. The molecular formula is C28H29FN6O3. The highest BCUT2D eigenvalue weighted by Gasteiger charge is 2.32. The van der Waals surface area contributed by atoms with Crippen LogP contribution in [0.5, 0.6) is 0 Å². The lowest BCUT2D eigenvalue weighted by atomic mass is 9.86. The highest BCUT2D eigenvalue weighted by atomic mass is 19.1. The molecule has 1 fully saturated rings. The van der Waals surface area contributed by atoms with E-state index >= 15 is 0 Å². The molecule has 1 aromatic carbocycles. The normalized spacial score (nSPS) is 15.4. The summed E-state index contributed by atoms with van der Waals surface area (Å²) in [6.45, 7) is 3.25. The molecule has 38 heavy (non-hydrogen) atoms. The molecule has 1 unspecified atom stereocenters. The summed E-state index contributed by atoms with van der Waals surface area (Å²) in [5, 5.41) is 8.39. The molecule has 0 bridgehead atoms. The average molecular weight is 517 g/mol. The molecule has 6 rings (SSSR count). The van der Waals surface area contributed by atoms with E-state index in [9.17, 15) is 9.18 Å². The van der Waals surface area contributed by atoms with E-state index in [4.69, 9.17) is 14.5 Å². The number of nitrogens with zero attached hydrogens (tertiary/aromatic N) is 6. The Morgan fingerprint density at radius 1 is 1.13 bits per heavy atom.